The van der Waals surface area contributed by atoms with Gasteiger partial charge >= 0.3 is 10.1 Å². The minimum atomic E-state index is -3.53. The van der Waals surface area contributed by atoms with Crippen LogP contribution < -0.4 is 4.18 Å². The predicted octanol–water partition coefficient (Wildman–Crippen LogP) is 5.31. The van der Waals surface area contributed by atoms with E-state index in [1.807, 2.05) is 13.0 Å². The Morgan fingerprint density at radius 2 is 1.50 bits per heavy atom. The fraction of sp³-hybridized carbons (Fsp3) is 0.667. The Balaban J connectivity index is 2.36. The zero-order chi connectivity index (χ0) is 16.3. The molecule has 0 saturated heterocycles. The third-order valence-corrected chi connectivity index (χ3v) is 5.76. The van der Waals surface area contributed by atoms with Gasteiger partial charge in [-0.15, -0.1) is 0 Å². The Labute approximate surface area is 136 Å². The highest BCUT2D eigenvalue weighted by Gasteiger charge is 2.25. The van der Waals surface area contributed by atoms with Crippen molar-refractivity contribution in [3.63, 3.8) is 0 Å². The van der Waals surface area contributed by atoms with Crippen LogP contribution in [0.5, 0.6) is 5.75 Å². The van der Waals surface area contributed by atoms with Crippen molar-refractivity contribution in [2.24, 2.45) is 0 Å². The van der Waals surface area contributed by atoms with Gasteiger partial charge in [0.15, 0.2) is 0 Å². The predicted molar refractivity (Wildman–Crippen MR) is 92.7 cm³/mol. The Morgan fingerprint density at radius 1 is 0.909 bits per heavy atom. The lowest BCUT2D eigenvalue weighted by Gasteiger charge is -2.16. The van der Waals surface area contributed by atoms with E-state index < -0.39 is 15.4 Å². The van der Waals surface area contributed by atoms with Gasteiger partial charge in [0.1, 0.15) is 5.75 Å². The summed E-state index contributed by atoms with van der Waals surface area (Å²) in [5.41, 5.74) is 0. The normalized spacial score (nSPS) is 13.0. The third kappa shape index (κ3) is 7.30. The molecule has 0 aromatic heterocycles. The summed E-state index contributed by atoms with van der Waals surface area (Å²) < 4.78 is 29.9. The Bertz CT molecular complexity index is 482. The van der Waals surface area contributed by atoms with E-state index in [1.165, 1.54) is 32.1 Å². The number of para-hydroxylation sites is 1. The summed E-state index contributed by atoms with van der Waals surface area (Å²) in [4.78, 5) is 0. The minimum absolute atomic E-state index is 0.400. The molecule has 1 aromatic rings. The van der Waals surface area contributed by atoms with E-state index in [0.717, 1.165) is 12.8 Å². The van der Waals surface area contributed by atoms with Crippen LogP contribution in [-0.4, -0.2) is 13.7 Å². The first kappa shape index (κ1) is 19.0. The molecule has 22 heavy (non-hydrogen) atoms. The van der Waals surface area contributed by atoms with Crippen LogP contribution in [0.3, 0.4) is 0 Å². The van der Waals surface area contributed by atoms with Gasteiger partial charge in [0.25, 0.3) is 0 Å². The van der Waals surface area contributed by atoms with Crippen molar-refractivity contribution >= 4 is 10.1 Å². The molecule has 3 nitrogen and oxygen atoms in total. The van der Waals surface area contributed by atoms with Crippen LogP contribution in [0.25, 0.3) is 0 Å². The lowest BCUT2D eigenvalue weighted by molar-refractivity contribution is 0.456. The van der Waals surface area contributed by atoms with Crippen molar-refractivity contribution in [1.29, 1.82) is 0 Å². The van der Waals surface area contributed by atoms with E-state index in [9.17, 15) is 8.42 Å². The Morgan fingerprint density at radius 3 is 2.09 bits per heavy atom. The first-order valence-electron chi connectivity index (χ1n) is 8.58. The van der Waals surface area contributed by atoms with Crippen LogP contribution in [0.4, 0.5) is 0 Å². The third-order valence-electron chi connectivity index (χ3n) is 3.95. The summed E-state index contributed by atoms with van der Waals surface area (Å²) in [6.07, 6.45) is 9.69. The minimum Gasteiger partial charge on any atom is -0.382 e. The Hall–Kier alpha value is -1.03. The molecular weight excluding hydrogens is 296 g/mol. The lowest BCUT2D eigenvalue weighted by atomic mass is 10.1. The maximum absolute atomic E-state index is 12.3. The van der Waals surface area contributed by atoms with E-state index in [-0.39, 0.29) is 0 Å². The highest BCUT2D eigenvalue weighted by molar-refractivity contribution is 7.87. The quantitative estimate of drug-likeness (QED) is 0.386. The van der Waals surface area contributed by atoms with E-state index >= 15 is 0 Å². The van der Waals surface area contributed by atoms with Gasteiger partial charge in [-0.1, -0.05) is 77.0 Å². The maximum atomic E-state index is 12.3. The van der Waals surface area contributed by atoms with Crippen molar-refractivity contribution in [1.82, 2.24) is 0 Å². The highest BCUT2D eigenvalue weighted by atomic mass is 32.2. The zero-order valence-electron chi connectivity index (χ0n) is 14.0. The average Bonchev–Trinajstić information content (AvgIpc) is 2.50. The van der Waals surface area contributed by atoms with Gasteiger partial charge in [0.05, 0.1) is 5.25 Å². The van der Waals surface area contributed by atoms with Crippen molar-refractivity contribution in [2.75, 3.05) is 0 Å². The molecule has 0 bridgehead atoms. The van der Waals surface area contributed by atoms with Crippen molar-refractivity contribution in [2.45, 2.75) is 76.9 Å². The number of benzene rings is 1. The fourth-order valence-electron chi connectivity index (χ4n) is 2.56. The molecule has 4 heteroatoms. The van der Waals surface area contributed by atoms with Crippen LogP contribution in [0.1, 0.15) is 71.6 Å². The van der Waals surface area contributed by atoms with Crippen LogP contribution >= 0.6 is 0 Å². The van der Waals surface area contributed by atoms with E-state index in [2.05, 4.69) is 6.92 Å². The Kier molecular flexibility index (Phi) is 9.21. The van der Waals surface area contributed by atoms with Gasteiger partial charge in [-0.2, -0.15) is 8.42 Å². The second kappa shape index (κ2) is 10.7. The molecule has 126 valence electrons. The smallest absolute Gasteiger partial charge is 0.312 e. The number of hydrogen-bond acceptors (Lipinski definition) is 3. The van der Waals surface area contributed by atoms with Gasteiger partial charge in [-0.25, -0.2) is 0 Å². The number of unbranched alkanes of at least 4 members (excludes halogenated alkanes) is 6. The molecule has 0 heterocycles. The summed E-state index contributed by atoms with van der Waals surface area (Å²) in [7, 11) is -3.53. The van der Waals surface area contributed by atoms with E-state index in [4.69, 9.17) is 4.18 Å². The summed E-state index contributed by atoms with van der Waals surface area (Å²) in [6, 6.07) is 8.76. The summed E-state index contributed by atoms with van der Waals surface area (Å²) in [5, 5.41) is -0.400. The highest BCUT2D eigenvalue weighted by Crippen LogP contribution is 2.20. The fourth-order valence-corrected chi connectivity index (χ4v) is 3.94. The van der Waals surface area contributed by atoms with Crippen LogP contribution in [0.2, 0.25) is 0 Å². The zero-order valence-corrected chi connectivity index (χ0v) is 14.8. The van der Waals surface area contributed by atoms with Crippen molar-refractivity contribution in [3.05, 3.63) is 30.3 Å². The first-order chi connectivity index (χ1) is 10.6. The maximum Gasteiger partial charge on any atom is 0.312 e. The summed E-state index contributed by atoms with van der Waals surface area (Å²) in [5.74, 6) is 0.403. The van der Waals surface area contributed by atoms with Gasteiger partial charge in [0.2, 0.25) is 0 Å². The topological polar surface area (TPSA) is 43.4 Å². The lowest BCUT2D eigenvalue weighted by Crippen LogP contribution is -2.25. The molecule has 0 amide bonds. The molecule has 0 fully saturated rings. The molecule has 1 rings (SSSR count). The van der Waals surface area contributed by atoms with Gasteiger partial charge < -0.3 is 4.18 Å². The van der Waals surface area contributed by atoms with Gasteiger partial charge in [-0.3, -0.25) is 0 Å². The number of hydrogen-bond donors (Lipinski definition) is 0. The summed E-state index contributed by atoms with van der Waals surface area (Å²) in [6.45, 7) is 4.13. The van der Waals surface area contributed by atoms with Crippen LogP contribution in [0.15, 0.2) is 30.3 Å². The second-order valence-corrected chi connectivity index (χ2v) is 7.65. The van der Waals surface area contributed by atoms with E-state index in [0.29, 0.717) is 18.6 Å². The average molecular weight is 327 g/mol. The van der Waals surface area contributed by atoms with Crippen molar-refractivity contribution < 1.29 is 12.6 Å². The molecule has 0 spiro atoms. The molecule has 0 radical (unpaired) electrons. The van der Waals surface area contributed by atoms with Crippen LogP contribution in [-0.2, 0) is 10.1 Å². The molecule has 1 unspecified atom stereocenters. The molecule has 1 aromatic carbocycles. The molecule has 0 aliphatic heterocycles. The molecule has 0 N–H and O–H groups in total. The molecule has 0 saturated carbocycles. The monoisotopic (exact) mass is 326 g/mol. The van der Waals surface area contributed by atoms with E-state index in [1.54, 1.807) is 24.3 Å². The van der Waals surface area contributed by atoms with Gasteiger partial charge in [0, 0.05) is 0 Å². The summed E-state index contributed by atoms with van der Waals surface area (Å²) >= 11 is 0. The van der Waals surface area contributed by atoms with Gasteiger partial charge in [-0.05, 0) is 25.0 Å². The standard InChI is InChI=1S/C18H30O3S/c1-3-5-6-7-8-9-13-16-18(4-2)22(19,20)21-17-14-11-10-12-15-17/h10-12,14-15,18H,3-9,13,16H2,1-2H3. The van der Waals surface area contributed by atoms with Crippen molar-refractivity contribution in [3.8, 4) is 5.75 Å². The molecule has 0 aliphatic rings. The molecule has 0 aliphatic carbocycles. The second-order valence-electron chi connectivity index (χ2n) is 5.83. The molecule has 1 atom stereocenters. The van der Waals surface area contributed by atoms with Crippen LogP contribution in [0, 0.1) is 0 Å². The number of rotatable bonds is 12. The first-order valence-corrected chi connectivity index (χ1v) is 10.1. The largest absolute Gasteiger partial charge is 0.382 e. The molecular formula is C18H30O3S. The SMILES string of the molecule is CCCCCCCCCC(CC)S(=O)(=O)Oc1ccccc1.